The first kappa shape index (κ1) is 16.3. The van der Waals surface area contributed by atoms with E-state index in [2.05, 4.69) is 10.6 Å². The molecule has 0 heterocycles. The molecule has 0 saturated heterocycles. The van der Waals surface area contributed by atoms with Crippen LogP contribution in [-0.2, 0) is 11.3 Å². The molecule has 2 amide bonds. The molecule has 6 heteroatoms. The first-order valence-corrected chi connectivity index (χ1v) is 6.85. The molecule has 20 heavy (non-hydrogen) atoms. The van der Waals surface area contributed by atoms with E-state index in [-0.39, 0.29) is 6.54 Å². The maximum absolute atomic E-state index is 11.8. The number of halogens is 1. The van der Waals surface area contributed by atoms with E-state index in [1.54, 1.807) is 32.0 Å². The minimum atomic E-state index is -1.22. The predicted molar refractivity (Wildman–Crippen MR) is 77.8 cm³/mol. The fraction of sp³-hybridized carbons (Fsp3) is 0.429. The Morgan fingerprint density at radius 2 is 1.95 bits per heavy atom. The van der Waals surface area contributed by atoms with Gasteiger partial charge in [-0.05, 0) is 30.5 Å². The second-order valence-electron chi connectivity index (χ2n) is 4.53. The van der Waals surface area contributed by atoms with Gasteiger partial charge < -0.3 is 15.7 Å². The summed E-state index contributed by atoms with van der Waals surface area (Å²) in [5.41, 5.74) is -0.375. The van der Waals surface area contributed by atoms with Crippen LogP contribution in [0.3, 0.4) is 0 Å². The van der Waals surface area contributed by atoms with Gasteiger partial charge >= 0.3 is 12.0 Å². The summed E-state index contributed by atoms with van der Waals surface area (Å²) in [6.07, 6.45) is 0.646. The van der Waals surface area contributed by atoms with Crippen molar-refractivity contribution in [2.45, 2.75) is 38.8 Å². The van der Waals surface area contributed by atoms with E-state index in [1.807, 2.05) is 6.07 Å². The first-order valence-electron chi connectivity index (χ1n) is 6.47. The summed E-state index contributed by atoms with van der Waals surface area (Å²) >= 11 is 5.85. The summed E-state index contributed by atoms with van der Waals surface area (Å²) < 4.78 is 0. The fourth-order valence-corrected chi connectivity index (χ4v) is 2.09. The molecule has 0 radical (unpaired) electrons. The molecule has 0 fully saturated rings. The third-order valence-corrected chi connectivity index (χ3v) is 3.55. The lowest BCUT2D eigenvalue weighted by Gasteiger charge is -2.28. The molecule has 0 unspecified atom stereocenters. The Labute approximate surface area is 123 Å². The second-order valence-corrected chi connectivity index (χ2v) is 4.97. The molecule has 0 aliphatic carbocycles. The van der Waals surface area contributed by atoms with E-state index >= 15 is 0 Å². The van der Waals surface area contributed by atoms with Gasteiger partial charge in [0.15, 0.2) is 0 Å². The maximum Gasteiger partial charge on any atom is 0.329 e. The quantitative estimate of drug-likeness (QED) is 0.755. The van der Waals surface area contributed by atoms with Crippen molar-refractivity contribution in [3.63, 3.8) is 0 Å². The first-order chi connectivity index (χ1) is 9.43. The number of hydrogen-bond acceptors (Lipinski definition) is 2. The lowest BCUT2D eigenvalue weighted by atomic mass is 9.93. The standard InChI is InChI=1S/C14H19ClN2O3/c1-3-14(4-2,12(18)19)17-13(20)16-9-10-6-5-7-11(15)8-10/h5-8H,3-4,9H2,1-2H3,(H,18,19)(H2,16,17,20). The summed E-state index contributed by atoms with van der Waals surface area (Å²) in [4.78, 5) is 23.1. The number of carbonyl (C=O) groups excluding carboxylic acids is 1. The second kappa shape index (κ2) is 7.14. The minimum Gasteiger partial charge on any atom is -0.480 e. The summed E-state index contributed by atoms with van der Waals surface area (Å²) in [6.45, 7) is 3.75. The van der Waals surface area contributed by atoms with Crippen LogP contribution in [0.25, 0.3) is 0 Å². The van der Waals surface area contributed by atoms with Crippen LogP contribution in [0.2, 0.25) is 5.02 Å². The van der Waals surface area contributed by atoms with Gasteiger partial charge in [0.05, 0.1) is 0 Å². The highest BCUT2D eigenvalue weighted by Crippen LogP contribution is 2.15. The number of carboxylic acids is 1. The summed E-state index contributed by atoms with van der Waals surface area (Å²) in [7, 11) is 0. The normalized spacial score (nSPS) is 10.9. The van der Waals surface area contributed by atoms with E-state index in [0.29, 0.717) is 17.9 Å². The van der Waals surface area contributed by atoms with Gasteiger partial charge in [-0.25, -0.2) is 9.59 Å². The highest BCUT2D eigenvalue weighted by atomic mass is 35.5. The molecule has 0 aliphatic rings. The van der Waals surface area contributed by atoms with Crippen LogP contribution in [0.15, 0.2) is 24.3 Å². The van der Waals surface area contributed by atoms with Gasteiger partial charge in [0, 0.05) is 11.6 Å². The number of amides is 2. The number of rotatable bonds is 6. The summed E-state index contributed by atoms with van der Waals surface area (Å²) in [6, 6.07) is 6.60. The van der Waals surface area contributed by atoms with Crippen molar-refractivity contribution in [1.82, 2.24) is 10.6 Å². The number of carbonyl (C=O) groups is 2. The Bertz CT molecular complexity index is 487. The van der Waals surface area contributed by atoms with Crippen LogP contribution in [-0.4, -0.2) is 22.6 Å². The number of carboxylic acid groups (broad SMARTS) is 1. The predicted octanol–water partition coefficient (Wildman–Crippen LogP) is 2.78. The van der Waals surface area contributed by atoms with Crippen LogP contribution in [0, 0.1) is 0 Å². The number of nitrogens with one attached hydrogen (secondary N) is 2. The fourth-order valence-electron chi connectivity index (χ4n) is 1.87. The topological polar surface area (TPSA) is 78.4 Å². The van der Waals surface area contributed by atoms with Crippen LogP contribution in [0.4, 0.5) is 4.79 Å². The van der Waals surface area contributed by atoms with Gasteiger partial charge in [0.25, 0.3) is 0 Å². The Kier molecular flexibility index (Phi) is 5.82. The van der Waals surface area contributed by atoms with Crippen molar-refractivity contribution < 1.29 is 14.7 Å². The Hall–Kier alpha value is -1.75. The molecule has 0 aliphatic heterocycles. The van der Waals surface area contributed by atoms with E-state index in [4.69, 9.17) is 11.6 Å². The van der Waals surface area contributed by atoms with E-state index in [0.717, 1.165) is 5.56 Å². The third-order valence-electron chi connectivity index (χ3n) is 3.31. The average molecular weight is 299 g/mol. The number of urea groups is 1. The molecule has 0 atom stereocenters. The smallest absolute Gasteiger partial charge is 0.329 e. The molecule has 0 spiro atoms. The zero-order chi connectivity index (χ0) is 15.2. The van der Waals surface area contributed by atoms with Gasteiger partial charge in [-0.15, -0.1) is 0 Å². The van der Waals surface area contributed by atoms with Crippen molar-refractivity contribution in [3.05, 3.63) is 34.9 Å². The zero-order valence-corrected chi connectivity index (χ0v) is 12.3. The molecule has 0 saturated carbocycles. The summed E-state index contributed by atoms with van der Waals surface area (Å²) in [5, 5.41) is 15.0. The van der Waals surface area contributed by atoms with Crippen molar-refractivity contribution in [3.8, 4) is 0 Å². The molecular weight excluding hydrogens is 280 g/mol. The van der Waals surface area contributed by atoms with Crippen molar-refractivity contribution >= 4 is 23.6 Å². The molecular formula is C14H19ClN2O3. The maximum atomic E-state index is 11.8. The highest BCUT2D eigenvalue weighted by molar-refractivity contribution is 6.30. The monoisotopic (exact) mass is 298 g/mol. The van der Waals surface area contributed by atoms with Gasteiger partial charge in [0.1, 0.15) is 5.54 Å². The third kappa shape index (κ3) is 4.13. The van der Waals surface area contributed by atoms with Gasteiger partial charge in [0.2, 0.25) is 0 Å². The van der Waals surface area contributed by atoms with Crippen molar-refractivity contribution in [1.29, 1.82) is 0 Å². The van der Waals surface area contributed by atoms with Crippen molar-refractivity contribution in [2.75, 3.05) is 0 Å². The SMILES string of the molecule is CCC(CC)(NC(=O)NCc1cccc(Cl)c1)C(=O)O. The van der Waals surface area contributed by atoms with Gasteiger partial charge in [-0.1, -0.05) is 37.6 Å². The van der Waals surface area contributed by atoms with Crippen molar-refractivity contribution in [2.24, 2.45) is 0 Å². The molecule has 5 nitrogen and oxygen atoms in total. The van der Waals surface area contributed by atoms with Crippen LogP contribution in [0.5, 0.6) is 0 Å². The number of aliphatic carboxylic acids is 1. The van der Waals surface area contributed by atoms with E-state index < -0.39 is 17.5 Å². The number of benzene rings is 1. The average Bonchev–Trinajstić information content (AvgIpc) is 2.42. The van der Waals surface area contributed by atoms with E-state index in [9.17, 15) is 14.7 Å². The van der Waals surface area contributed by atoms with Crippen LogP contribution >= 0.6 is 11.6 Å². The Balaban J connectivity index is 2.61. The number of hydrogen-bond donors (Lipinski definition) is 3. The molecule has 3 N–H and O–H groups in total. The molecule has 0 bridgehead atoms. The minimum absolute atomic E-state index is 0.287. The largest absolute Gasteiger partial charge is 0.480 e. The lowest BCUT2D eigenvalue weighted by molar-refractivity contribution is -0.144. The molecule has 1 aromatic carbocycles. The molecule has 110 valence electrons. The van der Waals surface area contributed by atoms with Gasteiger partial charge in [-0.2, -0.15) is 0 Å². The zero-order valence-electron chi connectivity index (χ0n) is 11.6. The molecule has 1 aromatic rings. The van der Waals surface area contributed by atoms with Gasteiger partial charge in [-0.3, -0.25) is 0 Å². The Morgan fingerprint density at radius 1 is 1.30 bits per heavy atom. The summed E-state index contributed by atoms with van der Waals surface area (Å²) in [5.74, 6) is -1.03. The molecule has 1 rings (SSSR count). The Morgan fingerprint density at radius 3 is 2.45 bits per heavy atom. The van der Waals surface area contributed by atoms with Crippen LogP contribution in [0.1, 0.15) is 32.3 Å². The van der Waals surface area contributed by atoms with E-state index in [1.165, 1.54) is 0 Å². The van der Waals surface area contributed by atoms with Crippen LogP contribution < -0.4 is 10.6 Å². The highest BCUT2D eigenvalue weighted by Gasteiger charge is 2.36. The lowest BCUT2D eigenvalue weighted by Crippen LogP contribution is -2.56. The molecule has 0 aromatic heterocycles.